The highest BCUT2D eigenvalue weighted by molar-refractivity contribution is 5.77. The van der Waals surface area contributed by atoms with E-state index in [1.807, 2.05) is 35.2 Å². The van der Waals surface area contributed by atoms with E-state index in [2.05, 4.69) is 18.2 Å². The Balaban J connectivity index is 1.61. The van der Waals surface area contributed by atoms with Gasteiger partial charge >= 0.3 is 0 Å². The van der Waals surface area contributed by atoms with E-state index < -0.39 is 0 Å². The zero-order valence-corrected chi connectivity index (χ0v) is 12.1. The van der Waals surface area contributed by atoms with Gasteiger partial charge in [0.1, 0.15) is 0 Å². The zero-order valence-electron chi connectivity index (χ0n) is 12.1. The van der Waals surface area contributed by atoms with E-state index in [0.717, 1.165) is 30.8 Å². The molecule has 2 aromatic rings. The van der Waals surface area contributed by atoms with Crippen molar-refractivity contribution in [1.82, 2.24) is 4.90 Å². The quantitative estimate of drug-likeness (QED) is 0.879. The molecule has 0 fully saturated rings. The minimum Gasteiger partial charge on any atom is -0.399 e. The summed E-state index contributed by atoms with van der Waals surface area (Å²) in [7, 11) is 0. The molecule has 1 aliphatic rings. The summed E-state index contributed by atoms with van der Waals surface area (Å²) in [5.41, 5.74) is 10.4. The lowest BCUT2D eigenvalue weighted by Gasteiger charge is -2.29. The van der Waals surface area contributed by atoms with E-state index in [-0.39, 0.29) is 5.91 Å². The molecule has 2 N–H and O–H groups in total. The minimum atomic E-state index is 0.216. The first-order valence-electron chi connectivity index (χ1n) is 7.42. The van der Waals surface area contributed by atoms with Gasteiger partial charge in [0.2, 0.25) is 5.91 Å². The summed E-state index contributed by atoms with van der Waals surface area (Å²) in [4.78, 5) is 14.3. The van der Waals surface area contributed by atoms with E-state index in [4.69, 9.17) is 5.73 Å². The maximum atomic E-state index is 12.4. The van der Waals surface area contributed by atoms with Crippen molar-refractivity contribution >= 4 is 11.6 Å². The standard InChI is InChI=1S/C18H20N2O/c19-17-8-4-3-6-15(17)9-10-18(21)20-12-11-14-5-1-2-7-16(14)13-20/h1-8H,9-13,19H2. The zero-order chi connectivity index (χ0) is 14.7. The van der Waals surface area contributed by atoms with Gasteiger partial charge in [-0.2, -0.15) is 0 Å². The number of hydrogen-bond acceptors (Lipinski definition) is 2. The van der Waals surface area contributed by atoms with Crippen molar-refractivity contribution in [2.45, 2.75) is 25.8 Å². The van der Waals surface area contributed by atoms with Crippen LogP contribution in [0.3, 0.4) is 0 Å². The molecule has 3 nitrogen and oxygen atoms in total. The number of hydrogen-bond donors (Lipinski definition) is 1. The second-order valence-electron chi connectivity index (χ2n) is 5.53. The molecule has 0 radical (unpaired) electrons. The van der Waals surface area contributed by atoms with Crippen LogP contribution in [0, 0.1) is 0 Å². The fourth-order valence-electron chi connectivity index (χ4n) is 2.87. The van der Waals surface area contributed by atoms with Crippen LogP contribution >= 0.6 is 0 Å². The summed E-state index contributed by atoms with van der Waals surface area (Å²) in [6, 6.07) is 16.1. The number of anilines is 1. The fourth-order valence-corrected chi connectivity index (χ4v) is 2.87. The number of nitrogens with zero attached hydrogens (tertiary/aromatic N) is 1. The summed E-state index contributed by atoms with van der Waals surface area (Å²) in [6.45, 7) is 1.55. The Bertz CT molecular complexity index is 651. The van der Waals surface area contributed by atoms with Gasteiger partial charge in [0, 0.05) is 25.2 Å². The van der Waals surface area contributed by atoms with Gasteiger partial charge in [-0.05, 0) is 35.6 Å². The average Bonchev–Trinajstić information content (AvgIpc) is 2.53. The summed E-state index contributed by atoms with van der Waals surface area (Å²) in [5, 5.41) is 0. The molecule has 0 bridgehead atoms. The van der Waals surface area contributed by atoms with E-state index >= 15 is 0 Å². The van der Waals surface area contributed by atoms with Crippen molar-refractivity contribution in [2.75, 3.05) is 12.3 Å². The maximum Gasteiger partial charge on any atom is 0.223 e. The number of aryl methyl sites for hydroxylation is 1. The lowest BCUT2D eigenvalue weighted by molar-refractivity contribution is -0.132. The molecule has 1 amide bonds. The Labute approximate surface area is 125 Å². The molecule has 0 spiro atoms. The molecule has 108 valence electrons. The van der Waals surface area contributed by atoms with Crippen molar-refractivity contribution in [3.05, 3.63) is 65.2 Å². The van der Waals surface area contributed by atoms with Crippen LogP contribution in [0.2, 0.25) is 0 Å². The largest absolute Gasteiger partial charge is 0.399 e. The van der Waals surface area contributed by atoms with Crippen molar-refractivity contribution in [3.63, 3.8) is 0 Å². The SMILES string of the molecule is Nc1ccccc1CCC(=O)N1CCc2ccccc2C1. The normalized spacial score (nSPS) is 13.8. The molecule has 0 aromatic heterocycles. The third-order valence-corrected chi connectivity index (χ3v) is 4.15. The monoisotopic (exact) mass is 280 g/mol. The first-order chi connectivity index (χ1) is 10.2. The van der Waals surface area contributed by atoms with Gasteiger partial charge in [0.25, 0.3) is 0 Å². The van der Waals surface area contributed by atoms with Gasteiger partial charge < -0.3 is 10.6 Å². The molecule has 0 saturated heterocycles. The van der Waals surface area contributed by atoms with Crippen molar-refractivity contribution < 1.29 is 4.79 Å². The number of fused-ring (bicyclic) bond motifs is 1. The second kappa shape index (κ2) is 6.00. The molecule has 0 aliphatic carbocycles. The van der Waals surface area contributed by atoms with Crippen LogP contribution in [0.5, 0.6) is 0 Å². The van der Waals surface area contributed by atoms with Crippen LogP contribution in [0.25, 0.3) is 0 Å². The van der Waals surface area contributed by atoms with Gasteiger partial charge in [-0.15, -0.1) is 0 Å². The summed E-state index contributed by atoms with van der Waals surface area (Å²) < 4.78 is 0. The van der Waals surface area contributed by atoms with E-state index in [1.54, 1.807) is 0 Å². The number of para-hydroxylation sites is 1. The number of carbonyl (C=O) groups excluding carboxylic acids is 1. The molecule has 0 unspecified atom stereocenters. The number of nitrogens with two attached hydrogens (primary N) is 1. The van der Waals surface area contributed by atoms with Gasteiger partial charge in [0.05, 0.1) is 0 Å². The van der Waals surface area contributed by atoms with Crippen molar-refractivity contribution in [3.8, 4) is 0 Å². The minimum absolute atomic E-state index is 0.216. The third kappa shape index (κ3) is 3.07. The number of amides is 1. The van der Waals surface area contributed by atoms with Crippen LogP contribution in [-0.2, 0) is 24.2 Å². The van der Waals surface area contributed by atoms with Gasteiger partial charge in [-0.3, -0.25) is 4.79 Å². The number of benzene rings is 2. The smallest absolute Gasteiger partial charge is 0.223 e. The molecule has 0 saturated carbocycles. The van der Waals surface area contributed by atoms with Crippen molar-refractivity contribution in [2.24, 2.45) is 0 Å². The highest BCUT2D eigenvalue weighted by Gasteiger charge is 2.20. The van der Waals surface area contributed by atoms with E-state index in [0.29, 0.717) is 12.8 Å². The molecule has 0 atom stereocenters. The number of carbonyl (C=O) groups is 1. The summed E-state index contributed by atoms with van der Waals surface area (Å²) in [5.74, 6) is 0.216. The molecule has 3 rings (SSSR count). The third-order valence-electron chi connectivity index (χ3n) is 4.15. The Morgan fingerprint density at radius 3 is 2.57 bits per heavy atom. The number of nitrogen functional groups attached to an aromatic ring is 1. The Morgan fingerprint density at radius 2 is 1.76 bits per heavy atom. The molecule has 1 heterocycles. The average molecular weight is 280 g/mol. The van der Waals surface area contributed by atoms with Crippen LogP contribution in [-0.4, -0.2) is 17.4 Å². The first kappa shape index (κ1) is 13.7. The van der Waals surface area contributed by atoms with Gasteiger partial charge in [-0.1, -0.05) is 42.5 Å². The van der Waals surface area contributed by atoms with Crippen LogP contribution in [0.15, 0.2) is 48.5 Å². The van der Waals surface area contributed by atoms with Crippen LogP contribution in [0.4, 0.5) is 5.69 Å². The Hall–Kier alpha value is -2.29. The predicted molar refractivity (Wildman–Crippen MR) is 84.7 cm³/mol. The fraction of sp³-hybridized carbons (Fsp3) is 0.278. The molecule has 2 aromatic carbocycles. The van der Waals surface area contributed by atoms with Crippen molar-refractivity contribution in [1.29, 1.82) is 0 Å². The lowest BCUT2D eigenvalue weighted by atomic mass is 9.99. The second-order valence-corrected chi connectivity index (χ2v) is 5.53. The van der Waals surface area contributed by atoms with Crippen LogP contribution < -0.4 is 5.73 Å². The van der Waals surface area contributed by atoms with E-state index in [1.165, 1.54) is 11.1 Å². The molecule has 21 heavy (non-hydrogen) atoms. The Kier molecular flexibility index (Phi) is 3.91. The molecular weight excluding hydrogens is 260 g/mol. The highest BCUT2D eigenvalue weighted by Crippen LogP contribution is 2.20. The molecular formula is C18H20N2O. The predicted octanol–water partition coefficient (Wildman–Crippen LogP) is 2.79. The Morgan fingerprint density at radius 1 is 1.05 bits per heavy atom. The highest BCUT2D eigenvalue weighted by atomic mass is 16.2. The van der Waals surface area contributed by atoms with Crippen LogP contribution in [0.1, 0.15) is 23.1 Å². The topological polar surface area (TPSA) is 46.3 Å². The number of rotatable bonds is 3. The van der Waals surface area contributed by atoms with Gasteiger partial charge in [0.15, 0.2) is 0 Å². The summed E-state index contributed by atoms with van der Waals surface area (Å²) >= 11 is 0. The maximum absolute atomic E-state index is 12.4. The van der Waals surface area contributed by atoms with Gasteiger partial charge in [-0.25, -0.2) is 0 Å². The molecule has 3 heteroatoms. The summed E-state index contributed by atoms with van der Waals surface area (Å²) in [6.07, 6.45) is 2.19. The van der Waals surface area contributed by atoms with E-state index in [9.17, 15) is 4.79 Å². The first-order valence-corrected chi connectivity index (χ1v) is 7.42. The molecule has 1 aliphatic heterocycles. The lowest BCUT2D eigenvalue weighted by Crippen LogP contribution is -2.36.